The zero-order valence-corrected chi connectivity index (χ0v) is 12.4. The highest BCUT2D eigenvalue weighted by Gasteiger charge is 2.15. The predicted octanol–water partition coefficient (Wildman–Crippen LogP) is 2.80. The van der Waals surface area contributed by atoms with Crippen LogP contribution in [0.15, 0.2) is 30.6 Å². The van der Waals surface area contributed by atoms with Gasteiger partial charge in [0, 0.05) is 24.8 Å². The van der Waals surface area contributed by atoms with Gasteiger partial charge in [-0.2, -0.15) is 5.10 Å². The number of hydrogen-bond acceptors (Lipinski definition) is 2. The molecular weight excluding hydrogens is 246 g/mol. The summed E-state index contributed by atoms with van der Waals surface area (Å²) in [7, 11) is 1.97. The first-order valence-electron chi connectivity index (χ1n) is 7.59. The molecule has 0 fully saturated rings. The highest BCUT2D eigenvalue weighted by atomic mass is 15.2. The molecule has 1 N–H and O–H groups in total. The van der Waals surface area contributed by atoms with Crippen molar-refractivity contribution in [2.75, 3.05) is 6.54 Å². The quantitative estimate of drug-likeness (QED) is 0.904. The van der Waals surface area contributed by atoms with E-state index in [0.717, 1.165) is 13.0 Å². The van der Waals surface area contributed by atoms with E-state index in [9.17, 15) is 0 Å². The fourth-order valence-electron chi connectivity index (χ4n) is 3.16. The zero-order valence-electron chi connectivity index (χ0n) is 12.4. The minimum atomic E-state index is 0.355. The molecule has 3 heteroatoms. The Kier molecular flexibility index (Phi) is 3.88. The highest BCUT2D eigenvalue weighted by Crippen LogP contribution is 2.25. The second kappa shape index (κ2) is 5.80. The van der Waals surface area contributed by atoms with Crippen LogP contribution in [0.25, 0.3) is 0 Å². The van der Waals surface area contributed by atoms with Gasteiger partial charge in [-0.25, -0.2) is 0 Å². The lowest BCUT2D eigenvalue weighted by Crippen LogP contribution is -2.22. The first kappa shape index (κ1) is 13.4. The maximum atomic E-state index is 4.30. The van der Waals surface area contributed by atoms with E-state index in [4.69, 9.17) is 0 Å². The van der Waals surface area contributed by atoms with Crippen molar-refractivity contribution in [3.63, 3.8) is 0 Å². The fourth-order valence-corrected chi connectivity index (χ4v) is 3.16. The van der Waals surface area contributed by atoms with Crippen molar-refractivity contribution in [2.24, 2.45) is 7.05 Å². The molecule has 0 saturated carbocycles. The van der Waals surface area contributed by atoms with E-state index < -0.39 is 0 Å². The van der Waals surface area contributed by atoms with Crippen molar-refractivity contribution in [1.29, 1.82) is 0 Å². The molecule has 0 bridgehead atoms. The Morgan fingerprint density at radius 3 is 2.90 bits per heavy atom. The number of rotatable bonds is 5. The normalized spacial score (nSPS) is 15.3. The number of fused-ring (bicyclic) bond motifs is 1. The van der Waals surface area contributed by atoms with Crippen LogP contribution in [0.3, 0.4) is 0 Å². The fraction of sp³-hybridized carbons (Fsp3) is 0.471. The van der Waals surface area contributed by atoms with Gasteiger partial charge >= 0.3 is 0 Å². The molecule has 1 aromatic carbocycles. The maximum absolute atomic E-state index is 4.30. The zero-order chi connectivity index (χ0) is 13.9. The molecule has 2 aromatic rings. The summed E-state index contributed by atoms with van der Waals surface area (Å²) in [5.41, 5.74) is 5.81. The van der Waals surface area contributed by atoms with E-state index >= 15 is 0 Å². The molecule has 0 amide bonds. The van der Waals surface area contributed by atoms with Crippen LogP contribution in [0.2, 0.25) is 0 Å². The lowest BCUT2D eigenvalue weighted by atomic mass is 9.98. The number of aromatic nitrogens is 2. The van der Waals surface area contributed by atoms with E-state index in [-0.39, 0.29) is 0 Å². The van der Waals surface area contributed by atoms with Gasteiger partial charge in [-0.05, 0) is 48.9 Å². The van der Waals surface area contributed by atoms with Crippen LogP contribution >= 0.6 is 0 Å². The van der Waals surface area contributed by atoms with Crippen LogP contribution in [-0.4, -0.2) is 16.3 Å². The maximum Gasteiger partial charge on any atom is 0.0537 e. The molecule has 3 rings (SSSR count). The van der Waals surface area contributed by atoms with Gasteiger partial charge < -0.3 is 5.32 Å². The highest BCUT2D eigenvalue weighted by molar-refractivity contribution is 5.36. The van der Waals surface area contributed by atoms with Gasteiger partial charge in [-0.15, -0.1) is 0 Å². The Bertz CT molecular complexity index is 586. The molecule has 106 valence electrons. The predicted molar refractivity (Wildman–Crippen MR) is 81.8 cm³/mol. The summed E-state index contributed by atoms with van der Waals surface area (Å²) in [6.07, 6.45) is 8.95. The van der Waals surface area contributed by atoms with E-state index in [0.29, 0.717) is 6.04 Å². The summed E-state index contributed by atoms with van der Waals surface area (Å²) in [5.74, 6) is 0. The summed E-state index contributed by atoms with van der Waals surface area (Å²) in [4.78, 5) is 0. The standard InChI is InChI=1S/C17H23N3/c1-3-18-17(16-11-19-20(2)12-16)10-13-7-8-14-5-4-6-15(14)9-13/h7-9,11-12,17-18H,3-6,10H2,1-2H3. The van der Waals surface area contributed by atoms with Crippen LogP contribution in [0.1, 0.15) is 41.6 Å². The van der Waals surface area contributed by atoms with Gasteiger partial charge in [0.15, 0.2) is 0 Å². The Hall–Kier alpha value is -1.61. The third-order valence-electron chi connectivity index (χ3n) is 4.18. The molecule has 1 aromatic heterocycles. The monoisotopic (exact) mass is 269 g/mol. The number of likely N-dealkylation sites (N-methyl/N-ethyl adjacent to an activating group) is 1. The van der Waals surface area contributed by atoms with Crippen molar-refractivity contribution in [3.8, 4) is 0 Å². The lowest BCUT2D eigenvalue weighted by Gasteiger charge is -2.17. The average Bonchev–Trinajstić information content (AvgIpc) is 3.06. The Morgan fingerprint density at radius 1 is 1.30 bits per heavy atom. The molecule has 1 aliphatic rings. The number of nitrogens with one attached hydrogen (secondary N) is 1. The first-order chi connectivity index (χ1) is 9.76. The molecule has 0 radical (unpaired) electrons. The molecule has 1 atom stereocenters. The third-order valence-corrected chi connectivity index (χ3v) is 4.18. The van der Waals surface area contributed by atoms with Gasteiger partial charge in [0.05, 0.1) is 6.20 Å². The van der Waals surface area contributed by atoms with E-state index in [1.54, 1.807) is 11.1 Å². The smallest absolute Gasteiger partial charge is 0.0537 e. The van der Waals surface area contributed by atoms with Crippen molar-refractivity contribution < 1.29 is 0 Å². The van der Waals surface area contributed by atoms with E-state index in [1.807, 2.05) is 17.9 Å². The summed E-state index contributed by atoms with van der Waals surface area (Å²) in [6, 6.07) is 7.38. The van der Waals surface area contributed by atoms with Crippen molar-refractivity contribution in [2.45, 2.75) is 38.6 Å². The topological polar surface area (TPSA) is 29.9 Å². The number of nitrogens with zero attached hydrogens (tertiary/aromatic N) is 2. The average molecular weight is 269 g/mol. The van der Waals surface area contributed by atoms with Gasteiger partial charge in [0.2, 0.25) is 0 Å². The van der Waals surface area contributed by atoms with Crippen LogP contribution in [0.5, 0.6) is 0 Å². The van der Waals surface area contributed by atoms with Crippen molar-refractivity contribution >= 4 is 0 Å². The Balaban J connectivity index is 1.79. The molecule has 0 aliphatic heterocycles. The van der Waals surface area contributed by atoms with Crippen molar-refractivity contribution in [1.82, 2.24) is 15.1 Å². The molecule has 1 unspecified atom stereocenters. The van der Waals surface area contributed by atoms with Crippen LogP contribution in [0, 0.1) is 0 Å². The molecule has 1 aliphatic carbocycles. The summed E-state index contributed by atoms with van der Waals surface area (Å²) >= 11 is 0. The van der Waals surface area contributed by atoms with Gasteiger partial charge in [-0.3, -0.25) is 4.68 Å². The van der Waals surface area contributed by atoms with Crippen LogP contribution in [0.4, 0.5) is 0 Å². The Labute approximate surface area is 121 Å². The molecule has 20 heavy (non-hydrogen) atoms. The molecule has 1 heterocycles. The third kappa shape index (κ3) is 2.78. The van der Waals surface area contributed by atoms with Gasteiger partial charge in [0.25, 0.3) is 0 Å². The molecule has 0 spiro atoms. The minimum absolute atomic E-state index is 0.355. The summed E-state index contributed by atoms with van der Waals surface area (Å²) in [6.45, 7) is 3.14. The second-order valence-corrected chi connectivity index (χ2v) is 5.72. The van der Waals surface area contributed by atoms with Gasteiger partial charge in [0.1, 0.15) is 0 Å². The summed E-state index contributed by atoms with van der Waals surface area (Å²) in [5, 5.41) is 7.87. The number of hydrogen-bond donors (Lipinski definition) is 1. The molecular formula is C17H23N3. The largest absolute Gasteiger partial charge is 0.310 e. The van der Waals surface area contributed by atoms with Crippen molar-refractivity contribution in [3.05, 3.63) is 52.8 Å². The molecule has 0 saturated heterocycles. The van der Waals surface area contributed by atoms with Crippen LogP contribution < -0.4 is 5.32 Å². The lowest BCUT2D eigenvalue weighted by molar-refractivity contribution is 0.549. The Morgan fingerprint density at radius 2 is 2.15 bits per heavy atom. The number of aryl methyl sites for hydroxylation is 3. The van der Waals surface area contributed by atoms with E-state index in [2.05, 4.69) is 41.7 Å². The summed E-state index contributed by atoms with van der Waals surface area (Å²) < 4.78 is 1.88. The van der Waals surface area contributed by atoms with E-state index in [1.165, 1.54) is 30.4 Å². The second-order valence-electron chi connectivity index (χ2n) is 5.72. The SMILES string of the molecule is CCNC(Cc1ccc2c(c1)CCC2)c1cnn(C)c1. The first-order valence-corrected chi connectivity index (χ1v) is 7.59. The van der Waals surface area contributed by atoms with Crippen LogP contribution in [-0.2, 0) is 26.3 Å². The minimum Gasteiger partial charge on any atom is -0.310 e. The molecule has 3 nitrogen and oxygen atoms in total. The number of benzene rings is 1. The van der Waals surface area contributed by atoms with Gasteiger partial charge in [-0.1, -0.05) is 25.1 Å².